The van der Waals surface area contributed by atoms with Crippen LogP contribution in [0.4, 0.5) is 5.69 Å². The lowest BCUT2D eigenvalue weighted by molar-refractivity contribution is 0.103. The van der Waals surface area contributed by atoms with Gasteiger partial charge in [-0.25, -0.2) is 4.98 Å². The van der Waals surface area contributed by atoms with Crippen LogP contribution in [-0.4, -0.2) is 22.6 Å². The van der Waals surface area contributed by atoms with E-state index in [-0.39, 0.29) is 12.5 Å². The van der Waals surface area contributed by atoms with Crippen molar-refractivity contribution >= 4 is 22.9 Å². The van der Waals surface area contributed by atoms with Gasteiger partial charge < -0.3 is 10.4 Å². The molecule has 0 atom stereocenters. The summed E-state index contributed by atoms with van der Waals surface area (Å²) in [4.78, 5) is 16.7. The summed E-state index contributed by atoms with van der Waals surface area (Å²) >= 11 is 1.36. The zero-order valence-electron chi connectivity index (χ0n) is 11.9. The molecule has 0 saturated carbocycles. The number of aliphatic hydroxyl groups excluding tert-OH is 1. The standard InChI is InChI=1S/C16H16N2O2S/c1-11-6-7-14(9-13(11)5-3-4-8-19)18-16(20)15-10-17-12(2)21-15/h6-7,9-10,19H,4,8H2,1-2H3,(H,18,20). The van der Waals surface area contributed by atoms with Gasteiger partial charge in [0.2, 0.25) is 0 Å². The molecule has 0 bridgehead atoms. The van der Waals surface area contributed by atoms with Gasteiger partial charge in [-0.1, -0.05) is 17.9 Å². The number of nitrogens with zero attached hydrogens (tertiary/aromatic N) is 1. The van der Waals surface area contributed by atoms with Gasteiger partial charge in [0.1, 0.15) is 4.88 Å². The smallest absolute Gasteiger partial charge is 0.267 e. The van der Waals surface area contributed by atoms with Crippen molar-refractivity contribution in [3.8, 4) is 11.8 Å². The second-order valence-electron chi connectivity index (χ2n) is 4.50. The van der Waals surface area contributed by atoms with E-state index in [1.807, 2.05) is 32.0 Å². The summed E-state index contributed by atoms with van der Waals surface area (Å²) < 4.78 is 0. The van der Waals surface area contributed by atoms with Gasteiger partial charge in [0, 0.05) is 17.7 Å². The Morgan fingerprint density at radius 3 is 2.90 bits per heavy atom. The van der Waals surface area contributed by atoms with Crippen LogP contribution in [0.2, 0.25) is 0 Å². The minimum Gasteiger partial charge on any atom is -0.395 e. The van der Waals surface area contributed by atoms with Gasteiger partial charge in [0.25, 0.3) is 5.91 Å². The first-order valence-electron chi connectivity index (χ1n) is 6.54. The van der Waals surface area contributed by atoms with Crippen LogP contribution in [0, 0.1) is 25.7 Å². The molecule has 21 heavy (non-hydrogen) atoms. The van der Waals surface area contributed by atoms with E-state index in [2.05, 4.69) is 22.1 Å². The average molecular weight is 300 g/mol. The molecule has 108 valence electrons. The highest BCUT2D eigenvalue weighted by Gasteiger charge is 2.09. The van der Waals surface area contributed by atoms with Gasteiger partial charge in [-0.2, -0.15) is 0 Å². The third kappa shape index (κ3) is 4.15. The van der Waals surface area contributed by atoms with Crippen LogP contribution in [0.1, 0.15) is 32.2 Å². The highest BCUT2D eigenvalue weighted by Crippen LogP contribution is 2.17. The number of rotatable bonds is 3. The molecule has 5 heteroatoms. The topological polar surface area (TPSA) is 62.2 Å². The molecule has 4 nitrogen and oxygen atoms in total. The monoisotopic (exact) mass is 300 g/mol. The maximum absolute atomic E-state index is 12.1. The molecular weight excluding hydrogens is 284 g/mol. The van der Waals surface area contributed by atoms with Gasteiger partial charge in [-0.05, 0) is 31.5 Å². The van der Waals surface area contributed by atoms with Gasteiger partial charge in [0.15, 0.2) is 0 Å². The minimum absolute atomic E-state index is 0.0488. The maximum atomic E-state index is 12.1. The molecule has 0 spiro atoms. The molecule has 0 aliphatic rings. The second kappa shape index (κ2) is 7.02. The van der Waals surface area contributed by atoms with Crippen molar-refractivity contribution in [1.82, 2.24) is 4.98 Å². The molecule has 2 rings (SSSR count). The first-order valence-corrected chi connectivity index (χ1v) is 7.36. The third-order valence-corrected chi connectivity index (χ3v) is 3.71. The van der Waals surface area contributed by atoms with Gasteiger partial charge in [-0.3, -0.25) is 4.79 Å². The summed E-state index contributed by atoms with van der Waals surface area (Å²) in [7, 11) is 0. The summed E-state index contributed by atoms with van der Waals surface area (Å²) in [6.45, 7) is 3.87. The first-order chi connectivity index (χ1) is 10.1. The van der Waals surface area contributed by atoms with Crippen molar-refractivity contribution in [1.29, 1.82) is 0 Å². The molecule has 2 aromatic rings. The fraction of sp³-hybridized carbons (Fsp3) is 0.250. The Kier molecular flexibility index (Phi) is 5.09. The fourth-order valence-corrected chi connectivity index (χ4v) is 2.38. The fourth-order valence-electron chi connectivity index (χ4n) is 1.71. The summed E-state index contributed by atoms with van der Waals surface area (Å²) in [6, 6.07) is 5.60. The van der Waals surface area contributed by atoms with Crippen LogP contribution in [-0.2, 0) is 0 Å². The summed E-state index contributed by atoms with van der Waals surface area (Å²) in [6.07, 6.45) is 2.02. The van der Waals surface area contributed by atoms with Gasteiger partial charge >= 0.3 is 0 Å². The molecule has 0 saturated heterocycles. The molecular formula is C16H16N2O2S. The number of aromatic nitrogens is 1. The number of carbonyl (C=O) groups excluding carboxylic acids is 1. The van der Waals surface area contributed by atoms with E-state index in [1.165, 1.54) is 11.3 Å². The molecule has 1 aromatic carbocycles. The van der Waals surface area contributed by atoms with Gasteiger partial charge in [0.05, 0.1) is 17.8 Å². The molecule has 0 aliphatic carbocycles. The van der Waals surface area contributed by atoms with Crippen molar-refractivity contribution < 1.29 is 9.90 Å². The minimum atomic E-state index is -0.168. The van der Waals surface area contributed by atoms with Crippen LogP contribution in [0.5, 0.6) is 0 Å². The predicted molar refractivity (Wildman–Crippen MR) is 84.6 cm³/mol. The van der Waals surface area contributed by atoms with Crippen LogP contribution in [0.3, 0.4) is 0 Å². The number of hydrogen-bond donors (Lipinski definition) is 2. The zero-order chi connectivity index (χ0) is 15.2. The van der Waals surface area contributed by atoms with E-state index >= 15 is 0 Å². The van der Waals surface area contributed by atoms with E-state index in [0.29, 0.717) is 17.0 Å². The number of benzene rings is 1. The van der Waals surface area contributed by atoms with Crippen molar-refractivity contribution in [3.05, 3.63) is 45.4 Å². The van der Waals surface area contributed by atoms with E-state index in [0.717, 1.165) is 16.1 Å². The number of anilines is 1. The predicted octanol–water partition coefficient (Wildman–Crippen LogP) is 2.75. The second-order valence-corrected chi connectivity index (χ2v) is 5.74. The number of nitrogens with one attached hydrogen (secondary N) is 1. The Balaban J connectivity index is 2.16. The molecule has 1 amide bonds. The van der Waals surface area contributed by atoms with Crippen molar-refractivity contribution in [2.24, 2.45) is 0 Å². The Labute approximate surface area is 127 Å². The number of amides is 1. The highest BCUT2D eigenvalue weighted by atomic mass is 32.1. The van der Waals surface area contributed by atoms with E-state index in [1.54, 1.807) is 6.20 Å². The van der Waals surface area contributed by atoms with E-state index in [9.17, 15) is 4.79 Å². The lowest BCUT2D eigenvalue weighted by Crippen LogP contribution is -2.10. The number of carbonyl (C=O) groups is 1. The molecule has 1 aromatic heterocycles. The SMILES string of the molecule is Cc1ncc(C(=O)Nc2ccc(C)c(C#CCCO)c2)s1. The summed E-state index contributed by atoms with van der Waals surface area (Å²) in [5, 5.41) is 12.5. The Morgan fingerprint density at radius 2 is 2.24 bits per heavy atom. The number of thiazole rings is 1. The zero-order valence-corrected chi connectivity index (χ0v) is 12.8. The van der Waals surface area contributed by atoms with E-state index < -0.39 is 0 Å². The molecule has 0 fully saturated rings. The normalized spacial score (nSPS) is 9.86. The quantitative estimate of drug-likeness (QED) is 0.857. The third-order valence-electron chi connectivity index (χ3n) is 2.80. The lowest BCUT2D eigenvalue weighted by Gasteiger charge is -2.06. The highest BCUT2D eigenvalue weighted by molar-refractivity contribution is 7.13. The van der Waals surface area contributed by atoms with Crippen molar-refractivity contribution in [2.45, 2.75) is 20.3 Å². The van der Waals surface area contributed by atoms with Crippen LogP contribution < -0.4 is 5.32 Å². The average Bonchev–Trinajstić information content (AvgIpc) is 2.89. The van der Waals surface area contributed by atoms with E-state index in [4.69, 9.17) is 5.11 Å². The Bertz CT molecular complexity index is 711. The molecule has 0 radical (unpaired) electrons. The first kappa shape index (κ1) is 15.2. The molecule has 1 heterocycles. The molecule has 2 N–H and O–H groups in total. The molecule has 0 unspecified atom stereocenters. The Hall–Kier alpha value is -2.16. The maximum Gasteiger partial charge on any atom is 0.267 e. The largest absolute Gasteiger partial charge is 0.395 e. The number of aliphatic hydroxyl groups is 1. The van der Waals surface area contributed by atoms with Crippen LogP contribution in [0.25, 0.3) is 0 Å². The lowest BCUT2D eigenvalue weighted by atomic mass is 10.1. The Morgan fingerprint density at radius 1 is 1.43 bits per heavy atom. The van der Waals surface area contributed by atoms with Gasteiger partial charge in [-0.15, -0.1) is 11.3 Å². The van der Waals surface area contributed by atoms with Crippen molar-refractivity contribution in [3.63, 3.8) is 0 Å². The van der Waals surface area contributed by atoms with Crippen LogP contribution in [0.15, 0.2) is 24.4 Å². The number of aryl methyl sites for hydroxylation is 2. The summed E-state index contributed by atoms with van der Waals surface area (Å²) in [5.41, 5.74) is 2.58. The van der Waals surface area contributed by atoms with Crippen LogP contribution >= 0.6 is 11.3 Å². The van der Waals surface area contributed by atoms with Crippen molar-refractivity contribution in [2.75, 3.05) is 11.9 Å². The molecule has 0 aliphatic heterocycles. The number of hydrogen-bond acceptors (Lipinski definition) is 4. The summed E-state index contributed by atoms with van der Waals surface area (Å²) in [5.74, 6) is 5.72.